The summed E-state index contributed by atoms with van der Waals surface area (Å²) in [5.41, 5.74) is 0.482. The molecule has 0 fully saturated rings. The second-order valence-corrected chi connectivity index (χ2v) is 6.60. The second-order valence-electron chi connectivity index (χ2n) is 6.60. The van der Waals surface area contributed by atoms with E-state index < -0.39 is 11.5 Å². The van der Waals surface area contributed by atoms with Crippen LogP contribution in [0.4, 0.5) is 0 Å². The molecule has 2 aromatic heterocycles. The minimum absolute atomic E-state index is 0. The first-order valence-electron chi connectivity index (χ1n) is 7.59. The van der Waals surface area contributed by atoms with E-state index in [0.29, 0.717) is 12.1 Å². The molecule has 0 saturated carbocycles. The summed E-state index contributed by atoms with van der Waals surface area (Å²) in [4.78, 5) is 20.9. The third-order valence-corrected chi connectivity index (χ3v) is 3.80. The third-order valence-electron chi connectivity index (χ3n) is 3.80. The molecule has 0 atom stereocenters. The zero-order chi connectivity index (χ0) is 17.5. The van der Waals surface area contributed by atoms with Crippen molar-refractivity contribution in [3.63, 3.8) is 0 Å². The van der Waals surface area contributed by atoms with Crippen molar-refractivity contribution in [1.82, 2.24) is 19.1 Å². The van der Waals surface area contributed by atoms with Crippen molar-refractivity contribution in [2.45, 2.75) is 32.9 Å². The number of imidazole rings is 1. The van der Waals surface area contributed by atoms with Gasteiger partial charge in [0.2, 0.25) is 0 Å². The molecule has 7 nitrogen and oxygen atoms in total. The molecular formula is C17H19KN4O3. The summed E-state index contributed by atoms with van der Waals surface area (Å²) >= 11 is 0. The molecule has 1 aromatic carbocycles. The molecule has 0 radical (unpaired) electrons. The summed E-state index contributed by atoms with van der Waals surface area (Å²) in [6.45, 7) is 5.86. The smallest absolute Gasteiger partial charge is 0.846 e. The Bertz CT molecular complexity index is 939. The predicted molar refractivity (Wildman–Crippen MR) is 88.3 cm³/mol. The van der Waals surface area contributed by atoms with E-state index in [4.69, 9.17) is 4.74 Å². The van der Waals surface area contributed by atoms with Gasteiger partial charge in [0.25, 0.3) is 5.56 Å². The Morgan fingerprint density at radius 2 is 1.84 bits per heavy atom. The number of hydrogen-bond donors (Lipinski definition) is 0. The fourth-order valence-corrected chi connectivity index (χ4v) is 2.64. The zero-order valence-corrected chi connectivity index (χ0v) is 18.2. The van der Waals surface area contributed by atoms with Crippen LogP contribution < -0.4 is 66.8 Å². The SMILES string of the molecule is COc1ccc(Cn2cnc3nc([O-])n(C(C)(C)C)c(=O)c32)cc1.[K+]. The molecule has 8 heteroatoms. The van der Waals surface area contributed by atoms with Crippen molar-refractivity contribution < 1.29 is 61.2 Å². The molecule has 25 heavy (non-hydrogen) atoms. The molecule has 0 bridgehead atoms. The van der Waals surface area contributed by atoms with Crippen molar-refractivity contribution in [3.8, 4) is 11.8 Å². The van der Waals surface area contributed by atoms with Crippen LogP contribution >= 0.6 is 0 Å². The number of hydrogen-bond acceptors (Lipinski definition) is 5. The van der Waals surface area contributed by atoms with Crippen molar-refractivity contribution in [2.75, 3.05) is 7.11 Å². The van der Waals surface area contributed by atoms with Gasteiger partial charge in [-0.1, -0.05) is 12.1 Å². The summed E-state index contributed by atoms with van der Waals surface area (Å²) in [6.07, 6.45) is 1.54. The van der Waals surface area contributed by atoms with Crippen molar-refractivity contribution >= 4 is 11.2 Å². The summed E-state index contributed by atoms with van der Waals surface area (Å²) in [6, 6.07) is 6.98. The number of methoxy groups -OCH3 is 1. The van der Waals surface area contributed by atoms with Gasteiger partial charge in [-0.25, -0.2) is 9.97 Å². The van der Waals surface area contributed by atoms with Crippen LogP contribution in [0.3, 0.4) is 0 Å². The molecule has 0 saturated heterocycles. The minimum atomic E-state index is -0.648. The average molecular weight is 366 g/mol. The topological polar surface area (TPSA) is 85.0 Å². The minimum Gasteiger partial charge on any atom is -0.846 e. The summed E-state index contributed by atoms with van der Waals surface area (Å²) in [7, 11) is 1.61. The van der Waals surface area contributed by atoms with Gasteiger partial charge >= 0.3 is 51.4 Å². The molecule has 0 aliphatic rings. The van der Waals surface area contributed by atoms with Gasteiger partial charge < -0.3 is 14.4 Å². The summed E-state index contributed by atoms with van der Waals surface area (Å²) in [5, 5.41) is 12.1. The van der Waals surface area contributed by atoms with E-state index >= 15 is 0 Å². The molecule has 0 aliphatic heterocycles. The normalized spacial score (nSPS) is 11.4. The van der Waals surface area contributed by atoms with E-state index in [0.717, 1.165) is 11.3 Å². The van der Waals surface area contributed by atoms with Gasteiger partial charge in [-0.3, -0.25) is 9.36 Å². The van der Waals surface area contributed by atoms with E-state index in [9.17, 15) is 9.90 Å². The van der Waals surface area contributed by atoms with Gasteiger partial charge in [-0.2, -0.15) is 0 Å². The van der Waals surface area contributed by atoms with Gasteiger partial charge in [0, 0.05) is 12.1 Å². The molecule has 0 unspecified atom stereocenters. The first kappa shape index (κ1) is 20.1. The molecule has 3 aromatic rings. The molecular weight excluding hydrogens is 347 g/mol. The van der Waals surface area contributed by atoms with Crippen LogP contribution in [0.5, 0.6) is 11.8 Å². The van der Waals surface area contributed by atoms with Gasteiger partial charge in [0.05, 0.1) is 19.4 Å². The van der Waals surface area contributed by atoms with Crippen LogP contribution in [-0.2, 0) is 12.1 Å². The fourth-order valence-electron chi connectivity index (χ4n) is 2.64. The molecule has 126 valence electrons. The van der Waals surface area contributed by atoms with E-state index in [1.165, 1.54) is 10.9 Å². The summed E-state index contributed by atoms with van der Waals surface area (Å²) < 4.78 is 8.03. The Balaban J connectivity index is 0.00000225. The summed E-state index contributed by atoms with van der Waals surface area (Å²) in [5.74, 6) is 0.766. The number of benzene rings is 1. The maximum Gasteiger partial charge on any atom is 1.00 e. The quantitative estimate of drug-likeness (QED) is 0.526. The Morgan fingerprint density at radius 1 is 1.20 bits per heavy atom. The van der Waals surface area contributed by atoms with Crippen LogP contribution in [0.25, 0.3) is 11.2 Å². The number of ether oxygens (including phenoxy) is 1. The van der Waals surface area contributed by atoms with Crippen molar-refractivity contribution in [1.29, 1.82) is 0 Å². The Labute approximate surface area is 188 Å². The first-order chi connectivity index (χ1) is 11.3. The third kappa shape index (κ3) is 3.98. The van der Waals surface area contributed by atoms with Crippen LogP contribution in [-0.4, -0.2) is 26.2 Å². The van der Waals surface area contributed by atoms with E-state index in [2.05, 4.69) is 9.97 Å². The van der Waals surface area contributed by atoms with E-state index in [1.807, 2.05) is 24.3 Å². The van der Waals surface area contributed by atoms with E-state index in [1.54, 1.807) is 32.4 Å². The average Bonchev–Trinajstić information content (AvgIpc) is 2.89. The van der Waals surface area contributed by atoms with Crippen LogP contribution in [0, 0.1) is 0 Å². The zero-order valence-electron chi connectivity index (χ0n) is 15.1. The first-order valence-corrected chi connectivity index (χ1v) is 7.59. The van der Waals surface area contributed by atoms with Crippen LogP contribution in [0.1, 0.15) is 26.3 Å². The monoisotopic (exact) mass is 366 g/mol. The Morgan fingerprint density at radius 3 is 2.40 bits per heavy atom. The largest absolute Gasteiger partial charge is 1.00 e. The maximum atomic E-state index is 12.8. The van der Waals surface area contributed by atoms with Gasteiger partial charge in [-0.05, 0) is 38.5 Å². The second kappa shape index (κ2) is 7.59. The Kier molecular flexibility index (Phi) is 6.11. The van der Waals surface area contributed by atoms with Gasteiger partial charge in [0.1, 0.15) is 5.75 Å². The standard InChI is InChI=1S/C17H20N4O3.K/c1-17(2,3)21-15(22)13-14(19-16(21)23)18-10-20(13)9-11-5-7-12(24-4)8-6-11;/h5-8,10H,9H2,1-4H3,(H,19,23);/q;+1/p-1. The molecule has 0 spiro atoms. The van der Waals surface area contributed by atoms with E-state index in [-0.39, 0.29) is 62.6 Å². The maximum absolute atomic E-state index is 12.8. The number of aromatic nitrogens is 4. The van der Waals surface area contributed by atoms with Crippen molar-refractivity contribution in [3.05, 3.63) is 46.5 Å². The molecule has 2 heterocycles. The van der Waals surface area contributed by atoms with Crippen LogP contribution in [0.15, 0.2) is 35.4 Å². The van der Waals surface area contributed by atoms with Crippen molar-refractivity contribution in [2.24, 2.45) is 0 Å². The fraction of sp³-hybridized carbons (Fsp3) is 0.353. The number of fused-ring (bicyclic) bond motifs is 1. The molecule has 0 aliphatic carbocycles. The van der Waals surface area contributed by atoms with Crippen LogP contribution in [0.2, 0.25) is 0 Å². The van der Waals surface area contributed by atoms with Gasteiger partial charge in [-0.15, -0.1) is 0 Å². The number of rotatable bonds is 3. The Hall–Kier alpha value is -1.19. The molecule has 0 amide bonds. The molecule has 3 rings (SSSR count). The molecule has 0 N–H and O–H groups in total. The van der Waals surface area contributed by atoms with Gasteiger partial charge in [0.15, 0.2) is 11.2 Å². The number of nitrogens with zero attached hydrogens (tertiary/aromatic N) is 4. The predicted octanol–water partition coefficient (Wildman–Crippen LogP) is -1.52.